The van der Waals surface area contributed by atoms with Crippen LogP contribution in [-0.2, 0) is 0 Å². The van der Waals surface area contributed by atoms with Crippen molar-refractivity contribution in [2.24, 2.45) is 0 Å². The fraction of sp³-hybridized carbons (Fsp3) is 0. The zero-order chi connectivity index (χ0) is 31.2. The Labute approximate surface area is 274 Å². The van der Waals surface area contributed by atoms with Crippen molar-refractivity contribution in [3.63, 3.8) is 0 Å². The molecule has 0 atom stereocenters. The number of fused-ring (bicyclic) bond motifs is 5. The molecular weight excluding hydrogens is 567 g/mol. The van der Waals surface area contributed by atoms with Gasteiger partial charge in [-0.1, -0.05) is 146 Å². The molecule has 0 spiro atoms. The summed E-state index contributed by atoms with van der Waals surface area (Å²) in [7, 11) is 0. The molecule has 9 rings (SSSR count). The van der Waals surface area contributed by atoms with Crippen molar-refractivity contribution in [2.45, 2.75) is 0 Å². The fourth-order valence-corrected chi connectivity index (χ4v) is 7.04. The van der Waals surface area contributed by atoms with E-state index in [1.807, 2.05) is 0 Å². The molecule has 0 heterocycles. The van der Waals surface area contributed by atoms with Crippen molar-refractivity contribution in [2.75, 3.05) is 4.90 Å². The number of nitrogens with zero attached hydrogens (tertiary/aromatic N) is 1. The molecule has 1 heteroatoms. The normalized spacial score (nSPS) is 11.4. The Morgan fingerprint density at radius 2 is 0.809 bits per heavy atom. The highest BCUT2D eigenvalue weighted by Gasteiger charge is 2.16. The predicted octanol–water partition coefficient (Wildman–Crippen LogP) is 13.1. The zero-order valence-electron chi connectivity index (χ0n) is 25.8. The molecule has 0 bridgehead atoms. The maximum absolute atomic E-state index is 2.39. The van der Waals surface area contributed by atoms with Crippen molar-refractivity contribution in [3.8, 4) is 22.3 Å². The Balaban J connectivity index is 1.21. The highest BCUT2D eigenvalue weighted by molar-refractivity contribution is 6.09. The van der Waals surface area contributed by atoms with Gasteiger partial charge in [-0.15, -0.1) is 0 Å². The summed E-state index contributed by atoms with van der Waals surface area (Å²) in [6.45, 7) is 0. The van der Waals surface area contributed by atoms with E-state index in [0.29, 0.717) is 0 Å². The smallest absolute Gasteiger partial charge is 0.0468 e. The van der Waals surface area contributed by atoms with Gasteiger partial charge >= 0.3 is 0 Å². The number of hydrogen-bond donors (Lipinski definition) is 0. The van der Waals surface area contributed by atoms with Crippen molar-refractivity contribution in [3.05, 3.63) is 188 Å². The van der Waals surface area contributed by atoms with E-state index in [2.05, 4.69) is 193 Å². The number of benzene rings is 9. The topological polar surface area (TPSA) is 3.24 Å². The van der Waals surface area contributed by atoms with Gasteiger partial charge in [0.25, 0.3) is 0 Å². The van der Waals surface area contributed by atoms with Crippen molar-refractivity contribution in [1.82, 2.24) is 0 Å². The van der Waals surface area contributed by atoms with E-state index >= 15 is 0 Å². The van der Waals surface area contributed by atoms with E-state index < -0.39 is 0 Å². The lowest BCUT2D eigenvalue weighted by molar-refractivity contribution is 1.29. The Kier molecular flexibility index (Phi) is 6.54. The molecule has 0 fully saturated rings. The van der Waals surface area contributed by atoms with Gasteiger partial charge in [-0.05, 0) is 108 Å². The first kappa shape index (κ1) is 27.2. The monoisotopic (exact) mass is 597 g/mol. The lowest BCUT2D eigenvalue weighted by Crippen LogP contribution is -2.10. The van der Waals surface area contributed by atoms with Gasteiger partial charge in [0.05, 0.1) is 0 Å². The van der Waals surface area contributed by atoms with Crippen LogP contribution < -0.4 is 4.90 Å². The number of rotatable bonds is 5. The molecule has 47 heavy (non-hydrogen) atoms. The maximum Gasteiger partial charge on any atom is 0.0468 e. The van der Waals surface area contributed by atoms with Gasteiger partial charge in [0.15, 0.2) is 0 Å². The molecule has 0 amide bonds. The van der Waals surface area contributed by atoms with Crippen LogP contribution in [0.5, 0.6) is 0 Å². The highest BCUT2D eigenvalue weighted by Crippen LogP contribution is 2.40. The molecular formula is C46H31N. The summed E-state index contributed by atoms with van der Waals surface area (Å²) in [5.74, 6) is 0. The predicted molar refractivity (Wildman–Crippen MR) is 202 cm³/mol. The fourth-order valence-electron chi connectivity index (χ4n) is 7.04. The van der Waals surface area contributed by atoms with Gasteiger partial charge in [0.2, 0.25) is 0 Å². The average molecular weight is 598 g/mol. The van der Waals surface area contributed by atoms with E-state index in [-0.39, 0.29) is 0 Å². The van der Waals surface area contributed by atoms with E-state index in [4.69, 9.17) is 0 Å². The first-order chi connectivity index (χ1) is 23.3. The third-order valence-electron chi connectivity index (χ3n) is 9.40. The van der Waals surface area contributed by atoms with Gasteiger partial charge in [0.1, 0.15) is 0 Å². The third-order valence-corrected chi connectivity index (χ3v) is 9.40. The Morgan fingerprint density at radius 1 is 0.255 bits per heavy atom. The van der Waals surface area contributed by atoms with Gasteiger partial charge in [-0.3, -0.25) is 0 Å². The minimum Gasteiger partial charge on any atom is -0.310 e. The summed E-state index contributed by atoms with van der Waals surface area (Å²) < 4.78 is 0. The molecule has 0 aliphatic carbocycles. The Bertz CT molecular complexity index is 2570. The number of anilines is 3. The van der Waals surface area contributed by atoms with Crippen LogP contribution >= 0.6 is 0 Å². The van der Waals surface area contributed by atoms with Crippen LogP contribution in [0.4, 0.5) is 17.1 Å². The minimum absolute atomic E-state index is 1.11. The molecule has 9 aromatic carbocycles. The van der Waals surface area contributed by atoms with Gasteiger partial charge in [0, 0.05) is 17.1 Å². The largest absolute Gasteiger partial charge is 0.310 e. The minimum atomic E-state index is 1.11. The third kappa shape index (κ3) is 4.90. The molecule has 220 valence electrons. The van der Waals surface area contributed by atoms with Crippen LogP contribution in [0.15, 0.2) is 188 Å². The lowest BCUT2D eigenvalue weighted by atomic mass is 9.97. The molecule has 0 unspecified atom stereocenters. The number of hydrogen-bond acceptors (Lipinski definition) is 1. The maximum atomic E-state index is 2.39. The quantitative estimate of drug-likeness (QED) is 0.178. The molecule has 9 aromatic rings. The molecule has 0 saturated carbocycles. The molecule has 0 radical (unpaired) electrons. The average Bonchev–Trinajstić information content (AvgIpc) is 3.15. The van der Waals surface area contributed by atoms with Crippen LogP contribution in [0.25, 0.3) is 65.3 Å². The Hall–Kier alpha value is -6.18. The summed E-state index contributed by atoms with van der Waals surface area (Å²) in [6.07, 6.45) is 0. The summed E-state index contributed by atoms with van der Waals surface area (Å²) >= 11 is 0. The first-order valence-corrected chi connectivity index (χ1v) is 16.2. The van der Waals surface area contributed by atoms with E-state index in [9.17, 15) is 0 Å². The summed E-state index contributed by atoms with van der Waals surface area (Å²) in [5, 5.41) is 10.0. The van der Waals surface area contributed by atoms with Crippen LogP contribution in [0.3, 0.4) is 0 Å². The Morgan fingerprint density at radius 3 is 1.64 bits per heavy atom. The second-order valence-electron chi connectivity index (χ2n) is 12.2. The highest BCUT2D eigenvalue weighted by atomic mass is 15.1. The van der Waals surface area contributed by atoms with E-state index in [1.165, 1.54) is 65.3 Å². The van der Waals surface area contributed by atoms with Crippen molar-refractivity contribution >= 4 is 60.2 Å². The molecule has 0 aliphatic rings. The summed E-state index contributed by atoms with van der Waals surface area (Å²) in [6, 6.07) is 68.4. The van der Waals surface area contributed by atoms with Gasteiger partial charge in [-0.25, -0.2) is 0 Å². The van der Waals surface area contributed by atoms with Crippen LogP contribution in [-0.4, -0.2) is 0 Å². The van der Waals surface area contributed by atoms with Crippen molar-refractivity contribution < 1.29 is 0 Å². The summed E-state index contributed by atoms with van der Waals surface area (Å²) in [5.41, 5.74) is 8.22. The van der Waals surface area contributed by atoms with Crippen LogP contribution in [0, 0.1) is 0 Å². The zero-order valence-corrected chi connectivity index (χ0v) is 25.8. The molecule has 0 N–H and O–H groups in total. The molecule has 1 nitrogen and oxygen atoms in total. The lowest BCUT2D eigenvalue weighted by Gasteiger charge is -2.27. The van der Waals surface area contributed by atoms with Crippen LogP contribution in [0.2, 0.25) is 0 Å². The standard InChI is InChI=1S/C46H31N/c1-2-12-37-29-38(22-19-32(37)9-1)33-23-26-40(27-24-33)47(42-28-25-36-21-20-35-11-4-6-17-44(35)46(36)31-42)41-15-7-14-39(30-41)45-18-8-13-34-10-3-5-16-43(34)45/h1-31H. The molecule has 0 aromatic heterocycles. The molecule has 0 aliphatic heterocycles. The van der Waals surface area contributed by atoms with Crippen molar-refractivity contribution in [1.29, 1.82) is 0 Å². The second kappa shape index (κ2) is 11.3. The first-order valence-electron chi connectivity index (χ1n) is 16.2. The van der Waals surface area contributed by atoms with Gasteiger partial charge < -0.3 is 4.90 Å². The second-order valence-corrected chi connectivity index (χ2v) is 12.2. The van der Waals surface area contributed by atoms with Gasteiger partial charge in [-0.2, -0.15) is 0 Å². The summed E-state index contributed by atoms with van der Waals surface area (Å²) in [4.78, 5) is 2.39. The van der Waals surface area contributed by atoms with Crippen LogP contribution in [0.1, 0.15) is 0 Å². The van der Waals surface area contributed by atoms with E-state index in [1.54, 1.807) is 0 Å². The van der Waals surface area contributed by atoms with E-state index in [0.717, 1.165) is 17.1 Å². The molecule has 0 saturated heterocycles. The SMILES string of the molecule is c1cc(-c2cccc3ccccc23)cc(N(c2ccc(-c3ccc4ccccc4c3)cc2)c2ccc3ccc4ccccc4c3c2)c1.